The monoisotopic (exact) mass is 308 g/mol. The van der Waals surface area contributed by atoms with Crippen molar-refractivity contribution in [3.63, 3.8) is 0 Å². The van der Waals surface area contributed by atoms with E-state index in [-0.39, 0.29) is 17.5 Å². The molecule has 0 fully saturated rings. The largest absolute Gasteiger partial charge is 0.441 e. The topological polar surface area (TPSA) is 29.3 Å². The van der Waals surface area contributed by atoms with Gasteiger partial charge in [0.1, 0.15) is 4.99 Å². The van der Waals surface area contributed by atoms with Crippen molar-refractivity contribution in [2.75, 3.05) is 19.3 Å². The first-order valence-electron chi connectivity index (χ1n) is 5.56. The molecule has 1 aromatic rings. The van der Waals surface area contributed by atoms with Crippen molar-refractivity contribution in [2.24, 2.45) is 5.73 Å². The maximum atomic E-state index is 12.0. The minimum Gasteiger partial charge on any atom is -0.389 e. The molecule has 2 N–H and O–H groups in total. The number of nitrogens with two attached hydrogens (primary N) is 1. The van der Waals surface area contributed by atoms with Crippen molar-refractivity contribution >= 4 is 29.0 Å². The van der Waals surface area contributed by atoms with E-state index in [0.717, 1.165) is 11.1 Å². The standard InChI is InChI=1S/C12H15F3N2S2/c1-17(5-6-19-12(13,14)15)8-9-3-2-4-10(7-9)11(16)18/h2-4,7H,5-6,8H2,1H3,(H2,16,18). The lowest BCUT2D eigenvalue weighted by Gasteiger charge is -2.17. The van der Waals surface area contributed by atoms with Crippen LogP contribution in [-0.2, 0) is 6.54 Å². The number of alkyl halides is 3. The first kappa shape index (κ1) is 16.3. The van der Waals surface area contributed by atoms with Crippen LogP contribution in [0.4, 0.5) is 13.2 Å². The SMILES string of the molecule is CN(CCSC(F)(F)F)Cc1cccc(C(N)=S)c1. The van der Waals surface area contributed by atoms with Crippen LogP contribution >= 0.6 is 24.0 Å². The van der Waals surface area contributed by atoms with Crippen molar-refractivity contribution in [2.45, 2.75) is 12.1 Å². The zero-order valence-corrected chi connectivity index (χ0v) is 12.0. The molecule has 0 saturated heterocycles. The number of rotatable bonds is 6. The number of hydrogen-bond acceptors (Lipinski definition) is 3. The van der Waals surface area contributed by atoms with Gasteiger partial charge < -0.3 is 10.6 Å². The van der Waals surface area contributed by atoms with Crippen LogP contribution in [0.2, 0.25) is 0 Å². The van der Waals surface area contributed by atoms with E-state index in [1.807, 2.05) is 29.2 Å². The van der Waals surface area contributed by atoms with Crippen LogP contribution < -0.4 is 5.73 Å². The predicted molar refractivity (Wildman–Crippen MR) is 77.2 cm³/mol. The summed E-state index contributed by atoms with van der Waals surface area (Å²) in [5.41, 5.74) is 3.12. The molecule has 0 aliphatic heterocycles. The second kappa shape index (κ2) is 7.12. The minimum atomic E-state index is -4.16. The van der Waals surface area contributed by atoms with E-state index in [1.165, 1.54) is 0 Å². The first-order valence-corrected chi connectivity index (χ1v) is 6.95. The summed E-state index contributed by atoms with van der Waals surface area (Å²) in [6, 6.07) is 7.40. The molecule has 0 amide bonds. The second-order valence-corrected chi connectivity index (χ2v) is 5.70. The summed E-state index contributed by atoms with van der Waals surface area (Å²) in [6.45, 7) is 0.927. The van der Waals surface area contributed by atoms with Crippen LogP contribution in [0, 0.1) is 0 Å². The van der Waals surface area contributed by atoms with Crippen LogP contribution in [0.5, 0.6) is 0 Å². The molecule has 0 heterocycles. The fourth-order valence-electron chi connectivity index (χ4n) is 1.53. The molecular formula is C12H15F3N2S2. The van der Waals surface area contributed by atoms with Crippen molar-refractivity contribution in [1.82, 2.24) is 4.90 Å². The molecule has 0 unspecified atom stereocenters. The number of halogens is 3. The molecule has 0 aliphatic carbocycles. The summed E-state index contributed by atoms with van der Waals surface area (Å²) in [4.78, 5) is 2.15. The summed E-state index contributed by atoms with van der Waals surface area (Å²) in [5.74, 6) is 0.0228. The molecule has 0 saturated carbocycles. The van der Waals surface area contributed by atoms with E-state index >= 15 is 0 Å². The average molecular weight is 308 g/mol. The Bertz CT molecular complexity index is 435. The summed E-state index contributed by atoms with van der Waals surface area (Å²) in [6.07, 6.45) is 0. The van der Waals surface area contributed by atoms with Crippen LogP contribution in [0.25, 0.3) is 0 Å². The van der Waals surface area contributed by atoms with Gasteiger partial charge in [-0.2, -0.15) is 13.2 Å². The van der Waals surface area contributed by atoms with Gasteiger partial charge in [0.25, 0.3) is 0 Å². The molecule has 0 atom stereocenters. The van der Waals surface area contributed by atoms with E-state index in [0.29, 0.717) is 18.1 Å². The lowest BCUT2D eigenvalue weighted by atomic mass is 10.1. The van der Waals surface area contributed by atoms with Gasteiger partial charge in [-0.05, 0) is 30.4 Å². The van der Waals surface area contributed by atoms with Crippen LogP contribution in [0.1, 0.15) is 11.1 Å². The van der Waals surface area contributed by atoms with Crippen molar-refractivity contribution < 1.29 is 13.2 Å². The normalized spacial score (nSPS) is 11.8. The molecule has 0 aromatic heterocycles. The highest BCUT2D eigenvalue weighted by Crippen LogP contribution is 2.29. The third kappa shape index (κ3) is 6.79. The number of thiocarbonyl (C=S) groups is 1. The van der Waals surface area contributed by atoms with Gasteiger partial charge in [-0.3, -0.25) is 0 Å². The van der Waals surface area contributed by atoms with E-state index in [4.69, 9.17) is 18.0 Å². The van der Waals surface area contributed by atoms with Gasteiger partial charge in [-0.25, -0.2) is 0 Å². The fraction of sp³-hybridized carbons (Fsp3) is 0.417. The Labute approximate surface area is 120 Å². The minimum absolute atomic E-state index is 0.00194. The molecule has 2 nitrogen and oxygen atoms in total. The van der Waals surface area contributed by atoms with Crippen LogP contribution in [-0.4, -0.2) is 34.7 Å². The van der Waals surface area contributed by atoms with Gasteiger partial charge in [-0.15, -0.1) is 0 Å². The fourth-order valence-corrected chi connectivity index (χ4v) is 2.29. The van der Waals surface area contributed by atoms with E-state index in [2.05, 4.69) is 0 Å². The van der Waals surface area contributed by atoms with E-state index < -0.39 is 5.51 Å². The van der Waals surface area contributed by atoms with Gasteiger partial charge in [0.05, 0.1) is 0 Å². The van der Waals surface area contributed by atoms with Crippen LogP contribution in [0.15, 0.2) is 24.3 Å². The first-order chi connectivity index (χ1) is 8.78. The summed E-state index contributed by atoms with van der Waals surface area (Å²) < 4.78 is 36.0. The lowest BCUT2D eigenvalue weighted by molar-refractivity contribution is -0.0328. The Hall–Kier alpha value is -0.790. The zero-order chi connectivity index (χ0) is 14.5. The number of hydrogen-bond donors (Lipinski definition) is 1. The average Bonchev–Trinajstić information content (AvgIpc) is 2.27. The zero-order valence-electron chi connectivity index (χ0n) is 10.4. The van der Waals surface area contributed by atoms with Gasteiger partial charge >= 0.3 is 5.51 Å². The molecule has 7 heteroatoms. The van der Waals surface area contributed by atoms with Crippen molar-refractivity contribution in [3.05, 3.63) is 35.4 Å². The third-order valence-electron chi connectivity index (χ3n) is 2.40. The molecule has 1 rings (SSSR count). The maximum absolute atomic E-state index is 12.0. The number of benzene rings is 1. The van der Waals surface area contributed by atoms with Gasteiger partial charge in [0, 0.05) is 24.4 Å². The smallest absolute Gasteiger partial charge is 0.389 e. The molecule has 1 aromatic carbocycles. The second-order valence-electron chi connectivity index (χ2n) is 4.10. The summed E-state index contributed by atoms with van der Waals surface area (Å²) in [5, 5.41) is 0. The van der Waals surface area contributed by atoms with Crippen LogP contribution in [0.3, 0.4) is 0 Å². The maximum Gasteiger partial charge on any atom is 0.441 e. The Morgan fingerprint density at radius 3 is 2.68 bits per heavy atom. The molecule has 19 heavy (non-hydrogen) atoms. The Kier molecular flexibility index (Phi) is 6.09. The molecule has 0 aliphatic rings. The molecule has 106 valence electrons. The third-order valence-corrected chi connectivity index (χ3v) is 3.35. The highest BCUT2D eigenvalue weighted by Gasteiger charge is 2.27. The molecule has 0 spiro atoms. The highest BCUT2D eigenvalue weighted by molar-refractivity contribution is 8.00. The van der Waals surface area contributed by atoms with Crippen molar-refractivity contribution in [3.8, 4) is 0 Å². The van der Waals surface area contributed by atoms with Gasteiger partial charge in [0.2, 0.25) is 0 Å². The van der Waals surface area contributed by atoms with Crippen molar-refractivity contribution in [1.29, 1.82) is 0 Å². The number of thioether (sulfide) groups is 1. The summed E-state index contributed by atoms with van der Waals surface area (Å²) >= 11 is 4.88. The lowest BCUT2D eigenvalue weighted by Crippen LogP contribution is -2.22. The highest BCUT2D eigenvalue weighted by atomic mass is 32.2. The van der Waals surface area contributed by atoms with Gasteiger partial charge in [-0.1, -0.05) is 30.4 Å². The quantitative estimate of drug-likeness (QED) is 0.818. The summed E-state index contributed by atoms with van der Waals surface area (Å²) in [7, 11) is 1.78. The van der Waals surface area contributed by atoms with E-state index in [1.54, 1.807) is 7.05 Å². The van der Waals surface area contributed by atoms with Gasteiger partial charge in [0.15, 0.2) is 0 Å². The number of nitrogens with zero attached hydrogens (tertiary/aromatic N) is 1. The van der Waals surface area contributed by atoms with E-state index in [9.17, 15) is 13.2 Å². The Morgan fingerprint density at radius 2 is 2.11 bits per heavy atom. The Morgan fingerprint density at radius 1 is 1.42 bits per heavy atom. The predicted octanol–water partition coefficient (Wildman–Crippen LogP) is 3.01. The molecule has 0 radical (unpaired) electrons. The molecule has 0 bridgehead atoms. The molecular weight excluding hydrogens is 293 g/mol. The Balaban J connectivity index is 2.46.